The second-order valence-electron chi connectivity index (χ2n) is 4.89. The van der Waals surface area contributed by atoms with Crippen LogP contribution in [0.2, 0.25) is 0 Å². The molecule has 0 aliphatic rings. The Bertz CT molecular complexity index is 561. The largest absolute Gasteiger partial charge is 0.466 e. The Labute approximate surface area is 120 Å². The van der Waals surface area contributed by atoms with Crippen LogP contribution in [0.1, 0.15) is 36.0 Å². The highest BCUT2D eigenvalue weighted by Crippen LogP contribution is 2.28. The first-order valence-electron chi connectivity index (χ1n) is 6.98. The first-order chi connectivity index (χ1) is 9.70. The number of hydrogen-bond acceptors (Lipinski definition) is 2. The molecule has 0 aliphatic heterocycles. The van der Waals surface area contributed by atoms with Crippen LogP contribution in [0.15, 0.2) is 54.6 Å². The van der Waals surface area contributed by atoms with Crippen molar-refractivity contribution < 1.29 is 9.53 Å². The zero-order chi connectivity index (χ0) is 14.4. The van der Waals surface area contributed by atoms with Crippen LogP contribution >= 0.6 is 0 Å². The summed E-state index contributed by atoms with van der Waals surface area (Å²) in [5.41, 5.74) is 3.50. The molecule has 2 aromatic rings. The summed E-state index contributed by atoms with van der Waals surface area (Å²) in [4.78, 5) is 11.9. The molecule has 0 bridgehead atoms. The fraction of sp³-hybridized carbons (Fsp3) is 0.278. The molecule has 0 aliphatic carbocycles. The highest BCUT2D eigenvalue weighted by atomic mass is 16.5. The summed E-state index contributed by atoms with van der Waals surface area (Å²) in [5.74, 6) is -0.0991. The van der Waals surface area contributed by atoms with Gasteiger partial charge >= 0.3 is 5.97 Å². The minimum atomic E-state index is -0.150. The fourth-order valence-electron chi connectivity index (χ4n) is 2.39. The molecule has 2 heteroatoms. The van der Waals surface area contributed by atoms with E-state index in [1.807, 2.05) is 31.2 Å². The van der Waals surface area contributed by atoms with Gasteiger partial charge in [0, 0.05) is 5.92 Å². The minimum absolute atomic E-state index is 0.0511. The van der Waals surface area contributed by atoms with Crippen LogP contribution < -0.4 is 0 Å². The quantitative estimate of drug-likeness (QED) is 0.764. The number of benzene rings is 2. The zero-order valence-corrected chi connectivity index (χ0v) is 12.0. The van der Waals surface area contributed by atoms with Crippen LogP contribution in [0.5, 0.6) is 0 Å². The van der Waals surface area contributed by atoms with Gasteiger partial charge in [-0.15, -0.1) is 0 Å². The number of ether oxygens (including phenoxy) is 1. The topological polar surface area (TPSA) is 26.3 Å². The average Bonchev–Trinajstić information content (AvgIpc) is 2.46. The van der Waals surface area contributed by atoms with E-state index in [1.165, 1.54) is 5.56 Å². The summed E-state index contributed by atoms with van der Waals surface area (Å²) in [6, 6.07) is 18.4. The molecule has 104 valence electrons. The van der Waals surface area contributed by atoms with Gasteiger partial charge in [-0.1, -0.05) is 60.2 Å². The van der Waals surface area contributed by atoms with Gasteiger partial charge in [0.05, 0.1) is 13.0 Å². The third kappa shape index (κ3) is 3.70. The van der Waals surface area contributed by atoms with Gasteiger partial charge in [0.2, 0.25) is 0 Å². The first-order valence-corrected chi connectivity index (χ1v) is 6.98. The van der Waals surface area contributed by atoms with Crippen LogP contribution in [-0.4, -0.2) is 12.6 Å². The molecule has 2 aromatic carbocycles. The van der Waals surface area contributed by atoms with E-state index < -0.39 is 0 Å². The van der Waals surface area contributed by atoms with Gasteiger partial charge in [0.25, 0.3) is 0 Å². The predicted octanol–water partition coefficient (Wildman–Crippen LogP) is 4.08. The van der Waals surface area contributed by atoms with E-state index in [2.05, 4.69) is 37.3 Å². The molecule has 0 heterocycles. The van der Waals surface area contributed by atoms with Crippen molar-refractivity contribution in [3.63, 3.8) is 0 Å². The van der Waals surface area contributed by atoms with Crippen molar-refractivity contribution in [1.82, 2.24) is 0 Å². The van der Waals surface area contributed by atoms with E-state index in [-0.39, 0.29) is 11.9 Å². The van der Waals surface area contributed by atoms with Crippen molar-refractivity contribution in [3.8, 4) is 0 Å². The maximum absolute atomic E-state index is 11.9. The van der Waals surface area contributed by atoms with Crippen molar-refractivity contribution in [2.24, 2.45) is 0 Å². The fourth-order valence-corrected chi connectivity index (χ4v) is 2.39. The Morgan fingerprint density at radius 1 is 1.05 bits per heavy atom. The maximum atomic E-state index is 11.9. The minimum Gasteiger partial charge on any atom is -0.466 e. The van der Waals surface area contributed by atoms with Crippen LogP contribution in [0.3, 0.4) is 0 Å². The lowest BCUT2D eigenvalue weighted by molar-refractivity contribution is -0.143. The number of aryl methyl sites for hydroxylation is 1. The number of hydrogen-bond donors (Lipinski definition) is 0. The Hall–Kier alpha value is -2.09. The molecule has 0 spiro atoms. The van der Waals surface area contributed by atoms with Gasteiger partial charge in [-0.2, -0.15) is 0 Å². The van der Waals surface area contributed by atoms with Crippen molar-refractivity contribution in [2.45, 2.75) is 26.2 Å². The van der Waals surface area contributed by atoms with Gasteiger partial charge in [-0.25, -0.2) is 0 Å². The molecule has 1 atom stereocenters. The normalized spacial score (nSPS) is 11.9. The molecule has 0 saturated carbocycles. The van der Waals surface area contributed by atoms with Gasteiger partial charge in [0.15, 0.2) is 0 Å². The van der Waals surface area contributed by atoms with Crippen molar-refractivity contribution in [2.75, 3.05) is 6.61 Å². The SMILES string of the molecule is CCOC(=O)C[C@@H](c1ccccc1)c1cccc(C)c1. The van der Waals surface area contributed by atoms with Crippen LogP contribution in [0.4, 0.5) is 0 Å². The van der Waals surface area contributed by atoms with E-state index in [0.29, 0.717) is 13.0 Å². The van der Waals surface area contributed by atoms with E-state index in [0.717, 1.165) is 11.1 Å². The average molecular weight is 268 g/mol. The molecule has 20 heavy (non-hydrogen) atoms. The van der Waals surface area contributed by atoms with Crippen molar-refractivity contribution in [1.29, 1.82) is 0 Å². The zero-order valence-electron chi connectivity index (χ0n) is 12.0. The molecular weight excluding hydrogens is 248 g/mol. The van der Waals surface area contributed by atoms with Crippen molar-refractivity contribution >= 4 is 5.97 Å². The lowest BCUT2D eigenvalue weighted by Crippen LogP contribution is -2.11. The number of esters is 1. The van der Waals surface area contributed by atoms with E-state index in [1.54, 1.807) is 0 Å². The Morgan fingerprint density at radius 3 is 2.40 bits per heavy atom. The highest BCUT2D eigenvalue weighted by molar-refractivity contribution is 5.71. The molecule has 0 radical (unpaired) electrons. The first kappa shape index (κ1) is 14.3. The van der Waals surface area contributed by atoms with E-state index in [9.17, 15) is 4.79 Å². The summed E-state index contributed by atoms with van der Waals surface area (Å²) in [5, 5.41) is 0. The third-order valence-electron chi connectivity index (χ3n) is 3.32. The molecule has 2 rings (SSSR count). The Kier molecular flexibility index (Phi) is 4.94. The van der Waals surface area contributed by atoms with E-state index >= 15 is 0 Å². The van der Waals surface area contributed by atoms with Gasteiger partial charge in [-0.05, 0) is 25.0 Å². The number of rotatable bonds is 5. The molecule has 0 saturated heterocycles. The monoisotopic (exact) mass is 268 g/mol. The second-order valence-corrected chi connectivity index (χ2v) is 4.89. The van der Waals surface area contributed by atoms with Gasteiger partial charge in [-0.3, -0.25) is 4.79 Å². The summed E-state index contributed by atoms with van der Waals surface area (Å²) in [7, 11) is 0. The Balaban J connectivity index is 2.31. The highest BCUT2D eigenvalue weighted by Gasteiger charge is 2.18. The molecule has 2 nitrogen and oxygen atoms in total. The molecular formula is C18H20O2. The molecule has 0 fully saturated rings. The van der Waals surface area contributed by atoms with E-state index in [4.69, 9.17) is 4.74 Å². The smallest absolute Gasteiger partial charge is 0.306 e. The molecule has 0 amide bonds. The molecule has 0 aromatic heterocycles. The summed E-state index contributed by atoms with van der Waals surface area (Å²) in [6.45, 7) is 4.33. The number of carbonyl (C=O) groups excluding carboxylic acids is 1. The van der Waals surface area contributed by atoms with Crippen LogP contribution in [0, 0.1) is 6.92 Å². The second kappa shape index (κ2) is 6.90. The van der Waals surface area contributed by atoms with Crippen molar-refractivity contribution in [3.05, 3.63) is 71.3 Å². The Morgan fingerprint density at radius 2 is 1.75 bits per heavy atom. The third-order valence-corrected chi connectivity index (χ3v) is 3.32. The lowest BCUT2D eigenvalue weighted by atomic mass is 9.88. The lowest BCUT2D eigenvalue weighted by Gasteiger charge is -2.17. The summed E-state index contributed by atoms with van der Waals surface area (Å²) < 4.78 is 5.11. The summed E-state index contributed by atoms with van der Waals surface area (Å²) in [6.07, 6.45) is 0.376. The standard InChI is InChI=1S/C18H20O2/c1-3-20-18(19)13-17(15-9-5-4-6-10-15)16-11-7-8-14(2)12-16/h4-12,17H,3,13H2,1-2H3/t17-/m0/s1. The maximum Gasteiger partial charge on any atom is 0.306 e. The van der Waals surface area contributed by atoms with Gasteiger partial charge in [0.1, 0.15) is 0 Å². The number of carbonyl (C=O) groups is 1. The molecule has 0 N–H and O–H groups in total. The van der Waals surface area contributed by atoms with Crippen LogP contribution in [-0.2, 0) is 9.53 Å². The predicted molar refractivity (Wildman–Crippen MR) is 80.7 cm³/mol. The summed E-state index contributed by atoms with van der Waals surface area (Å²) >= 11 is 0. The molecule has 0 unspecified atom stereocenters. The van der Waals surface area contributed by atoms with Gasteiger partial charge < -0.3 is 4.74 Å². The van der Waals surface area contributed by atoms with Crippen LogP contribution in [0.25, 0.3) is 0 Å².